The fourth-order valence-corrected chi connectivity index (χ4v) is 7.21. The molecule has 0 spiro atoms. The van der Waals surface area contributed by atoms with Crippen LogP contribution in [0, 0.1) is 0 Å². The van der Waals surface area contributed by atoms with Gasteiger partial charge in [-0.2, -0.15) is 0 Å². The lowest BCUT2D eigenvalue weighted by molar-refractivity contribution is 0.0203. The molecule has 6 rings (SSSR count). The smallest absolute Gasteiger partial charge is 0.420 e. The standard InChI is InChI=1S/C39H55N7O7Si/c1-37(2,3)52-35(47)44-15-11-26(12-16-44)28-22-30-32(31(42-28)34-41-14-17-45(34)24-50-25-54-39(7,8)9)51-23-27-29(43-18-20-49-21-19-43)10-13-40-33(27)46(30)36(48)53-38(4,5)6/h10,13-14,17,22,26H,11-12,15-16,18-21,23-25H2,1-9H3. The van der Waals surface area contributed by atoms with Crippen molar-refractivity contribution < 1.29 is 33.3 Å². The van der Waals surface area contributed by atoms with Crippen molar-refractivity contribution in [3.05, 3.63) is 42.0 Å². The summed E-state index contributed by atoms with van der Waals surface area (Å²) in [4.78, 5) is 47.8. The summed E-state index contributed by atoms with van der Waals surface area (Å²) in [5.74, 6) is 1.35. The van der Waals surface area contributed by atoms with Gasteiger partial charge in [0.25, 0.3) is 0 Å². The second-order valence-electron chi connectivity index (χ2n) is 16.9. The van der Waals surface area contributed by atoms with Gasteiger partial charge < -0.3 is 38.1 Å². The predicted octanol–water partition coefficient (Wildman–Crippen LogP) is 7.11. The van der Waals surface area contributed by atoms with E-state index in [2.05, 4.69) is 25.7 Å². The Morgan fingerprint density at radius 3 is 2.24 bits per heavy atom. The Balaban J connectivity index is 1.45. The van der Waals surface area contributed by atoms with Crippen molar-refractivity contribution in [3.63, 3.8) is 0 Å². The third-order valence-electron chi connectivity index (χ3n) is 9.15. The summed E-state index contributed by atoms with van der Waals surface area (Å²) >= 11 is 0. The molecule has 2 amide bonds. The van der Waals surface area contributed by atoms with E-state index in [4.69, 9.17) is 38.6 Å². The first kappa shape index (κ1) is 39.5. The van der Waals surface area contributed by atoms with Gasteiger partial charge in [0, 0.05) is 68.3 Å². The summed E-state index contributed by atoms with van der Waals surface area (Å²) < 4.78 is 32.2. The summed E-state index contributed by atoms with van der Waals surface area (Å²) in [6.07, 6.45) is 6.32. The van der Waals surface area contributed by atoms with Gasteiger partial charge in [-0.1, -0.05) is 20.8 Å². The average molecular weight is 762 g/mol. The molecule has 0 aliphatic carbocycles. The zero-order valence-electron chi connectivity index (χ0n) is 33.2. The number of hydrogen-bond acceptors (Lipinski definition) is 11. The number of aromatic nitrogens is 4. The van der Waals surface area contributed by atoms with E-state index in [9.17, 15) is 9.59 Å². The van der Waals surface area contributed by atoms with Crippen LogP contribution < -0.4 is 14.5 Å². The highest BCUT2D eigenvalue weighted by molar-refractivity contribution is 6.39. The Morgan fingerprint density at radius 2 is 1.57 bits per heavy atom. The zero-order valence-corrected chi connectivity index (χ0v) is 34.2. The molecule has 0 unspecified atom stereocenters. The van der Waals surface area contributed by atoms with E-state index in [1.807, 2.05) is 64.4 Å². The number of ether oxygens (including phenoxy) is 5. The molecule has 292 valence electrons. The van der Waals surface area contributed by atoms with Crippen LogP contribution in [0.3, 0.4) is 0 Å². The summed E-state index contributed by atoms with van der Waals surface area (Å²) in [5, 5.41) is 0.159. The summed E-state index contributed by atoms with van der Waals surface area (Å²) in [6, 6.07) is 3.88. The Labute approximate surface area is 321 Å². The van der Waals surface area contributed by atoms with Crippen LogP contribution in [-0.2, 0) is 32.3 Å². The number of hydrogen-bond donors (Lipinski definition) is 0. The quantitative estimate of drug-likeness (QED) is 0.180. The lowest BCUT2D eigenvalue weighted by Crippen LogP contribution is -2.41. The van der Waals surface area contributed by atoms with Crippen LogP contribution in [0.25, 0.3) is 11.5 Å². The molecule has 3 aliphatic heterocycles. The molecular formula is C39H55N7O7Si. The summed E-state index contributed by atoms with van der Waals surface area (Å²) in [6.45, 7) is 21.7. The maximum absolute atomic E-state index is 14.5. The molecule has 14 nitrogen and oxygen atoms in total. The highest BCUT2D eigenvalue weighted by Gasteiger charge is 2.38. The number of imidazole rings is 1. The van der Waals surface area contributed by atoms with E-state index in [1.54, 1.807) is 17.3 Å². The molecule has 2 radical (unpaired) electrons. The lowest BCUT2D eigenvalue weighted by atomic mass is 9.92. The number of rotatable bonds is 7. The molecule has 0 aromatic carbocycles. The van der Waals surface area contributed by atoms with Crippen molar-refractivity contribution in [1.29, 1.82) is 0 Å². The van der Waals surface area contributed by atoms with Crippen molar-refractivity contribution in [2.45, 2.75) is 111 Å². The van der Waals surface area contributed by atoms with E-state index < -0.39 is 17.3 Å². The number of morpholine rings is 1. The highest BCUT2D eigenvalue weighted by atomic mass is 28.2. The normalized spacial score (nSPS) is 17.0. The minimum atomic E-state index is -0.791. The second-order valence-corrected chi connectivity index (χ2v) is 19.1. The van der Waals surface area contributed by atoms with Crippen molar-refractivity contribution >= 4 is 38.9 Å². The zero-order chi connectivity index (χ0) is 38.8. The van der Waals surface area contributed by atoms with Gasteiger partial charge >= 0.3 is 12.2 Å². The SMILES string of the molecule is CC(C)(C)OC(=O)N1CCC(c2cc3c(c(-c4nccn4COC[Si]C(C)(C)C)n2)OCc2c(N4CCOCC4)ccnc2N3C(=O)OC(C)(C)C)CC1. The van der Waals surface area contributed by atoms with E-state index in [1.165, 1.54) is 4.90 Å². The molecule has 0 bridgehead atoms. The number of carbonyl (C=O) groups is 2. The molecule has 3 aromatic rings. The highest BCUT2D eigenvalue weighted by Crippen LogP contribution is 2.47. The van der Waals surface area contributed by atoms with Crippen LogP contribution in [0.5, 0.6) is 5.75 Å². The fraction of sp³-hybridized carbons (Fsp3) is 0.615. The maximum atomic E-state index is 14.5. The van der Waals surface area contributed by atoms with Gasteiger partial charge in [0.05, 0.1) is 28.3 Å². The van der Waals surface area contributed by atoms with Crippen molar-refractivity contribution in [3.8, 4) is 17.3 Å². The number of nitrogens with zero attached hydrogens (tertiary/aromatic N) is 7. The molecule has 3 aromatic heterocycles. The first-order chi connectivity index (χ1) is 25.5. The lowest BCUT2D eigenvalue weighted by Gasteiger charge is -2.34. The Kier molecular flexibility index (Phi) is 11.6. The van der Waals surface area contributed by atoms with Gasteiger partial charge in [-0.25, -0.2) is 29.4 Å². The van der Waals surface area contributed by atoms with Crippen molar-refractivity contribution in [1.82, 2.24) is 24.4 Å². The minimum Gasteiger partial charge on any atom is -0.484 e. The molecule has 54 heavy (non-hydrogen) atoms. The fourth-order valence-electron chi connectivity index (χ4n) is 6.59. The molecule has 0 N–H and O–H groups in total. The molecule has 6 heterocycles. The third-order valence-corrected chi connectivity index (χ3v) is 10.6. The Morgan fingerprint density at radius 1 is 0.889 bits per heavy atom. The van der Waals surface area contributed by atoms with E-state index in [-0.39, 0.29) is 30.4 Å². The molecule has 2 fully saturated rings. The number of anilines is 3. The van der Waals surface area contributed by atoms with Crippen LogP contribution in [0.1, 0.15) is 92.3 Å². The van der Waals surface area contributed by atoms with Crippen molar-refractivity contribution in [2.24, 2.45) is 0 Å². The molecule has 0 atom stereocenters. The van der Waals surface area contributed by atoms with Crippen LogP contribution in [0.4, 0.5) is 26.8 Å². The van der Waals surface area contributed by atoms with Gasteiger partial charge in [-0.05, 0) is 71.6 Å². The average Bonchev–Trinajstić information content (AvgIpc) is 3.49. The topological polar surface area (TPSA) is 134 Å². The third kappa shape index (κ3) is 9.53. The number of likely N-dealkylation sites (tertiary alicyclic amines) is 1. The van der Waals surface area contributed by atoms with Crippen molar-refractivity contribution in [2.75, 3.05) is 55.4 Å². The minimum absolute atomic E-state index is 0.0313. The maximum Gasteiger partial charge on any atom is 0.420 e. The molecule has 3 aliphatic rings. The Hall–Kier alpha value is -4.21. The molecule has 15 heteroatoms. The molecule has 0 saturated carbocycles. The summed E-state index contributed by atoms with van der Waals surface area (Å²) in [5.41, 5.74) is 2.00. The van der Waals surface area contributed by atoms with Crippen LogP contribution in [-0.4, -0.2) is 103 Å². The molecule has 2 saturated heterocycles. The number of fused-ring (bicyclic) bond motifs is 2. The van der Waals surface area contributed by atoms with Crippen LogP contribution >= 0.6 is 0 Å². The monoisotopic (exact) mass is 761 g/mol. The molecular weight excluding hydrogens is 707 g/mol. The number of amides is 2. The van der Waals surface area contributed by atoms with Gasteiger partial charge in [-0.3, -0.25) is 0 Å². The second kappa shape index (κ2) is 15.9. The van der Waals surface area contributed by atoms with E-state index in [0.717, 1.165) is 16.9 Å². The van der Waals surface area contributed by atoms with Crippen LogP contribution in [0.15, 0.2) is 30.7 Å². The Bertz CT molecular complexity index is 1800. The number of piperidine rings is 1. The predicted molar refractivity (Wildman–Crippen MR) is 207 cm³/mol. The first-order valence-electron chi connectivity index (χ1n) is 18.8. The largest absolute Gasteiger partial charge is 0.484 e. The van der Waals surface area contributed by atoms with Gasteiger partial charge in [-0.15, -0.1) is 0 Å². The van der Waals surface area contributed by atoms with Crippen LogP contribution in [0.2, 0.25) is 5.04 Å². The number of carbonyl (C=O) groups excluding carboxylic acids is 2. The number of pyridine rings is 2. The van der Waals surface area contributed by atoms with E-state index >= 15 is 0 Å². The van der Waals surface area contributed by atoms with E-state index in [0.29, 0.717) is 96.8 Å². The summed E-state index contributed by atoms with van der Waals surface area (Å²) in [7, 11) is 0.623. The van der Waals surface area contributed by atoms with Gasteiger partial charge in [0.1, 0.15) is 30.2 Å². The van der Waals surface area contributed by atoms with Gasteiger partial charge in [0.15, 0.2) is 23.1 Å². The van der Waals surface area contributed by atoms with Gasteiger partial charge in [0.2, 0.25) is 0 Å². The first-order valence-corrected chi connectivity index (χ1v) is 20.0.